The highest BCUT2D eigenvalue weighted by Crippen LogP contribution is 2.21. The summed E-state index contributed by atoms with van der Waals surface area (Å²) < 4.78 is 0. The van der Waals surface area contributed by atoms with Gasteiger partial charge >= 0.3 is 0 Å². The average molecular weight is 175 g/mol. The third-order valence-electron chi connectivity index (χ3n) is 2.08. The van der Waals surface area contributed by atoms with Gasteiger partial charge in [-0.15, -0.1) is 0 Å². The fourth-order valence-corrected chi connectivity index (χ4v) is 1.25. The quantitative estimate of drug-likeness (QED) is 0.502. The zero-order valence-corrected chi connectivity index (χ0v) is 7.10. The molecule has 1 saturated heterocycles. The molecule has 0 atom stereocenters. The summed E-state index contributed by atoms with van der Waals surface area (Å²) in [5.74, 6) is 0.891. The summed E-state index contributed by atoms with van der Waals surface area (Å²) in [4.78, 5) is 19.9. The molecule has 1 aromatic rings. The maximum absolute atomic E-state index is 10.0. The van der Waals surface area contributed by atoms with E-state index in [1.807, 2.05) is 0 Å². The maximum Gasteiger partial charge on any atom is 0.240 e. The molecule has 0 aromatic carbocycles. The molecule has 0 radical (unpaired) electrons. The topological polar surface area (TPSA) is 45.6 Å². The molecule has 13 heavy (non-hydrogen) atoms. The lowest BCUT2D eigenvalue weighted by molar-refractivity contribution is 0.565. The summed E-state index contributed by atoms with van der Waals surface area (Å²) >= 11 is 0. The number of hydrogen-bond donors (Lipinski definition) is 0. The molecule has 0 saturated carbocycles. The Morgan fingerprint density at radius 1 is 1.54 bits per heavy atom. The van der Waals surface area contributed by atoms with Crippen LogP contribution in [0.2, 0.25) is 0 Å². The van der Waals surface area contributed by atoms with Crippen LogP contribution in [0.1, 0.15) is 6.42 Å². The molecule has 1 fully saturated rings. The van der Waals surface area contributed by atoms with Crippen LogP contribution in [0.4, 0.5) is 11.5 Å². The van der Waals surface area contributed by atoms with Gasteiger partial charge in [0.1, 0.15) is 5.82 Å². The van der Waals surface area contributed by atoms with Crippen molar-refractivity contribution in [1.29, 1.82) is 0 Å². The summed E-state index contributed by atoms with van der Waals surface area (Å²) in [5, 5.41) is 0. The lowest BCUT2D eigenvalue weighted by Gasteiger charge is -2.31. The van der Waals surface area contributed by atoms with Gasteiger partial charge in [0.2, 0.25) is 6.08 Å². The molecule has 2 rings (SSSR count). The molecule has 4 nitrogen and oxygen atoms in total. The Morgan fingerprint density at radius 3 is 3.00 bits per heavy atom. The van der Waals surface area contributed by atoms with Gasteiger partial charge in [-0.05, 0) is 12.5 Å². The Labute approximate surface area is 75.9 Å². The number of anilines is 1. The third kappa shape index (κ3) is 1.58. The van der Waals surface area contributed by atoms with Gasteiger partial charge in [-0.1, -0.05) is 0 Å². The van der Waals surface area contributed by atoms with Crippen molar-refractivity contribution < 1.29 is 4.79 Å². The summed E-state index contributed by atoms with van der Waals surface area (Å²) in [6.45, 7) is 2.09. The Kier molecular flexibility index (Phi) is 2.06. The van der Waals surface area contributed by atoms with Crippen molar-refractivity contribution in [1.82, 2.24) is 4.98 Å². The SMILES string of the molecule is O=C=Nc1ccnc(N2CCC2)c1. The first kappa shape index (κ1) is 7.95. The number of aliphatic imine (C=N–C) groups is 1. The van der Waals surface area contributed by atoms with Crippen LogP contribution in [-0.4, -0.2) is 24.2 Å². The standard InChI is InChI=1S/C9H9N3O/c13-7-11-8-2-3-10-9(6-8)12-4-1-5-12/h2-3,6H,1,4-5H2. The van der Waals surface area contributed by atoms with E-state index < -0.39 is 0 Å². The lowest BCUT2D eigenvalue weighted by atomic mass is 10.2. The molecule has 66 valence electrons. The number of isocyanates is 1. The van der Waals surface area contributed by atoms with Crippen molar-refractivity contribution >= 4 is 17.6 Å². The average Bonchev–Trinajstić information content (AvgIpc) is 2.02. The highest BCUT2D eigenvalue weighted by Gasteiger charge is 2.15. The summed E-state index contributed by atoms with van der Waals surface area (Å²) in [5.41, 5.74) is 0.618. The number of pyridine rings is 1. The van der Waals surface area contributed by atoms with Crippen molar-refractivity contribution in [3.63, 3.8) is 0 Å². The summed E-state index contributed by atoms with van der Waals surface area (Å²) in [7, 11) is 0. The molecule has 0 N–H and O–H groups in total. The van der Waals surface area contributed by atoms with E-state index in [0.29, 0.717) is 5.69 Å². The van der Waals surface area contributed by atoms with E-state index in [4.69, 9.17) is 0 Å². The van der Waals surface area contributed by atoms with E-state index >= 15 is 0 Å². The Morgan fingerprint density at radius 2 is 2.38 bits per heavy atom. The van der Waals surface area contributed by atoms with Gasteiger partial charge in [0.25, 0.3) is 0 Å². The fraction of sp³-hybridized carbons (Fsp3) is 0.333. The van der Waals surface area contributed by atoms with E-state index in [1.165, 1.54) is 12.5 Å². The summed E-state index contributed by atoms with van der Waals surface area (Å²) in [6, 6.07) is 3.48. The summed E-state index contributed by atoms with van der Waals surface area (Å²) in [6.07, 6.45) is 4.38. The van der Waals surface area contributed by atoms with Gasteiger partial charge in [0.05, 0.1) is 5.69 Å². The molecule has 0 unspecified atom stereocenters. The number of nitrogens with zero attached hydrogens (tertiary/aromatic N) is 3. The van der Waals surface area contributed by atoms with Gasteiger partial charge in [-0.3, -0.25) is 0 Å². The van der Waals surface area contributed by atoms with E-state index in [2.05, 4.69) is 14.9 Å². The van der Waals surface area contributed by atoms with E-state index in [9.17, 15) is 4.79 Å². The zero-order valence-electron chi connectivity index (χ0n) is 7.10. The minimum Gasteiger partial charge on any atom is -0.356 e. The molecule has 1 aliphatic heterocycles. The monoisotopic (exact) mass is 175 g/mol. The first-order chi connectivity index (χ1) is 6.40. The van der Waals surface area contributed by atoms with Gasteiger partial charge in [-0.2, -0.15) is 4.99 Å². The predicted molar refractivity (Wildman–Crippen MR) is 48.8 cm³/mol. The molecule has 0 amide bonds. The second-order valence-electron chi connectivity index (χ2n) is 2.92. The van der Waals surface area contributed by atoms with Gasteiger partial charge in [0, 0.05) is 25.4 Å². The van der Waals surface area contributed by atoms with Crippen LogP contribution in [0.25, 0.3) is 0 Å². The lowest BCUT2D eigenvalue weighted by Crippen LogP contribution is -2.37. The predicted octanol–water partition coefficient (Wildman–Crippen LogP) is 1.26. The number of carbonyl (C=O) groups excluding carboxylic acids is 1. The molecule has 0 aliphatic carbocycles. The van der Waals surface area contributed by atoms with Crippen LogP contribution in [0.15, 0.2) is 23.3 Å². The highest BCUT2D eigenvalue weighted by molar-refractivity contribution is 5.55. The molecule has 1 aromatic heterocycles. The molecule has 4 heteroatoms. The van der Waals surface area contributed by atoms with Crippen LogP contribution in [0.3, 0.4) is 0 Å². The number of hydrogen-bond acceptors (Lipinski definition) is 4. The van der Waals surface area contributed by atoms with Crippen molar-refractivity contribution in [2.75, 3.05) is 18.0 Å². The second-order valence-corrected chi connectivity index (χ2v) is 2.92. The van der Waals surface area contributed by atoms with Crippen LogP contribution in [0, 0.1) is 0 Å². The minimum atomic E-state index is 0.618. The Hall–Kier alpha value is -1.67. The van der Waals surface area contributed by atoms with E-state index in [0.717, 1.165) is 18.9 Å². The first-order valence-corrected chi connectivity index (χ1v) is 4.19. The van der Waals surface area contributed by atoms with Gasteiger partial charge in [-0.25, -0.2) is 9.78 Å². The number of rotatable bonds is 2. The second kappa shape index (κ2) is 3.37. The van der Waals surface area contributed by atoms with Crippen LogP contribution >= 0.6 is 0 Å². The largest absolute Gasteiger partial charge is 0.356 e. The van der Waals surface area contributed by atoms with Crippen LogP contribution < -0.4 is 4.90 Å². The third-order valence-corrected chi connectivity index (χ3v) is 2.08. The normalized spacial score (nSPS) is 14.6. The van der Waals surface area contributed by atoms with Crippen molar-refractivity contribution in [3.05, 3.63) is 18.3 Å². The van der Waals surface area contributed by atoms with E-state index in [-0.39, 0.29) is 0 Å². The van der Waals surface area contributed by atoms with Crippen LogP contribution in [-0.2, 0) is 4.79 Å². The van der Waals surface area contributed by atoms with Crippen molar-refractivity contribution in [2.24, 2.45) is 4.99 Å². The van der Waals surface area contributed by atoms with Crippen molar-refractivity contribution in [3.8, 4) is 0 Å². The molecular formula is C9H9N3O. The Bertz CT molecular complexity index is 354. The van der Waals surface area contributed by atoms with Gasteiger partial charge in [0.15, 0.2) is 0 Å². The fourth-order valence-electron chi connectivity index (χ4n) is 1.25. The first-order valence-electron chi connectivity index (χ1n) is 4.19. The molecule has 0 bridgehead atoms. The van der Waals surface area contributed by atoms with Crippen LogP contribution in [0.5, 0.6) is 0 Å². The molecular weight excluding hydrogens is 166 g/mol. The minimum absolute atomic E-state index is 0.618. The van der Waals surface area contributed by atoms with Crippen molar-refractivity contribution in [2.45, 2.75) is 6.42 Å². The number of aromatic nitrogens is 1. The molecule has 1 aliphatic rings. The smallest absolute Gasteiger partial charge is 0.240 e. The maximum atomic E-state index is 10.0. The molecule has 2 heterocycles. The van der Waals surface area contributed by atoms with Gasteiger partial charge < -0.3 is 4.90 Å². The Balaban J connectivity index is 2.25. The zero-order chi connectivity index (χ0) is 9.10. The van der Waals surface area contributed by atoms with E-state index in [1.54, 1.807) is 18.3 Å². The molecule has 0 spiro atoms. The highest BCUT2D eigenvalue weighted by atomic mass is 16.1.